The summed E-state index contributed by atoms with van der Waals surface area (Å²) in [5, 5.41) is 14.3. The van der Waals surface area contributed by atoms with Gasteiger partial charge in [-0.25, -0.2) is 0 Å². The van der Waals surface area contributed by atoms with Crippen LogP contribution in [0.5, 0.6) is 0 Å². The predicted octanol–water partition coefficient (Wildman–Crippen LogP) is 2.70. The summed E-state index contributed by atoms with van der Waals surface area (Å²) in [5.74, 6) is 1.31. The summed E-state index contributed by atoms with van der Waals surface area (Å²) in [4.78, 5) is 4.36. The number of hydrogen-bond donors (Lipinski definition) is 2. The van der Waals surface area contributed by atoms with Crippen LogP contribution in [0.25, 0.3) is 0 Å². The van der Waals surface area contributed by atoms with E-state index in [-0.39, 0.29) is 0 Å². The first-order valence-corrected chi connectivity index (χ1v) is 6.60. The molecular formula is C14H19N5. The van der Waals surface area contributed by atoms with Crippen LogP contribution in [0, 0.1) is 0 Å². The van der Waals surface area contributed by atoms with Gasteiger partial charge < -0.3 is 10.6 Å². The molecule has 5 heteroatoms. The molecule has 2 N–H and O–H groups in total. The van der Waals surface area contributed by atoms with E-state index in [9.17, 15) is 0 Å². The fraction of sp³-hybridized carbons (Fsp3) is 0.357. The maximum absolute atomic E-state index is 4.36. The van der Waals surface area contributed by atoms with E-state index in [0.29, 0.717) is 5.95 Å². The predicted molar refractivity (Wildman–Crippen MR) is 77.0 cm³/mol. The molecule has 100 valence electrons. The minimum Gasteiger partial charge on any atom is -0.365 e. The molecule has 1 aromatic carbocycles. The minimum absolute atomic E-state index is 0.575. The molecule has 0 spiro atoms. The van der Waals surface area contributed by atoms with Gasteiger partial charge in [-0.15, -0.1) is 5.10 Å². The van der Waals surface area contributed by atoms with Crippen LogP contribution in [0.15, 0.2) is 36.5 Å². The Morgan fingerprint density at radius 3 is 2.74 bits per heavy atom. The quantitative estimate of drug-likeness (QED) is 0.747. The number of rotatable bonds is 7. The molecule has 0 bridgehead atoms. The zero-order valence-electron chi connectivity index (χ0n) is 11.1. The normalized spacial score (nSPS) is 10.2. The fourth-order valence-corrected chi connectivity index (χ4v) is 1.63. The van der Waals surface area contributed by atoms with Crippen molar-refractivity contribution in [3.05, 3.63) is 42.1 Å². The average Bonchev–Trinajstić information content (AvgIpc) is 2.47. The largest absolute Gasteiger partial charge is 0.365 e. The number of nitrogens with zero attached hydrogens (tertiary/aromatic N) is 3. The van der Waals surface area contributed by atoms with Crippen LogP contribution in [-0.2, 0) is 6.54 Å². The van der Waals surface area contributed by atoms with Gasteiger partial charge in [0.1, 0.15) is 0 Å². The Bertz CT molecular complexity index is 486. The van der Waals surface area contributed by atoms with E-state index in [1.54, 1.807) is 6.20 Å². The first-order valence-electron chi connectivity index (χ1n) is 6.60. The van der Waals surface area contributed by atoms with Gasteiger partial charge >= 0.3 is 0 Å². The number of nitrogens with one attached hydrogen (secondary N) is 2. The van der Waals surface area contributed by atoms with E-state index in [1.165, 1.54) is 5.56 Å². The Balaban J connectivity index is 1.88. The van der Waals surface area contributed by atoms with E-state index in [4.69, 9.17) is 0 Å². The van der Waals surface area contributed by atoms with Crippen molar-refractivity contribution >= 4 is 11.8 Å². The van der Waals surface area contributed by atoms with Crippen LogP contribution in [0.2, 0.25) is 0 Å². The van der Waals surface area contributed by atoms with Gasteiger partial charge in [-0.2, -0.15) is 10.1 Å². The number of aromatic nitrogens is 3. The summed E-state index contributed by atoms with van der Waals surface area (Å²) >= 11 is 0. The zero-order chi connectivity index (χ0) is 13.3. The second-order valence-corrected chi connectivity index (χ2v) is 4.28. The van der Waals surface area contributed by atoms with Gasteiger partial charge in [0.05, 0.1) is 6.20 Å². The summed E-state index contributed by atoms with van der Waals surface area (Å²) < 4.78 is 0. The van der Waals surface area contributed by atoms with Crippen LogP contribution in [0.1, 0.15) is 25.3 Å². The van der Waals surface area contributed by atoms with E-state index >= 15 is 0 Å². The van der Waals surface area contributed by atoms with Crippen LogP contribution in [0.4, 0.5) is 11.8 Å². The lowest BCUT2D eigenvalue weighted by molar-refractivity contribution is 0.819. The van der Waals surface area contributed by atoms with E-state index in [2.05, 4.69) is 44.9 Å². The van der Waals surface area contributed by atoms with Crippen LogP contribution >= 0.6 is 0 Å². The molecule has 0 saturated carbocycles. The Labute approximate surface area is 113 Å². The van der Waals surface area contributed by atoms with Crippen molar-refractivity contribution in [2.45, 2.75) is 26.3 Å². The molecule has 0 atom stereocenters. The van der Waals surface area contributed by atoms with Gasteiger partial charge in [-0.05, 0) is 12.0 Å². The summed E-state index contributed by atoms with van der Waals surface area (Å²) in [5.41, 5.74) is 1.21. The van der Waals surface area contributed by atoms with Crippen molar-refractivity contribution in [3.8, 4) is 0 Å². The Morgan fingerprint density at radius 1 is 1.11 bits per heavy atom. The summed E-state index contributed by atoms with van der Waals surface area (Å²) in [6.07, 6.45) is 3.88. The molecule has 19 heavy (non-hydrogen) atoms. The number of benzene rings is 1. The van der Waals surface area contributed by atoms with E-state index in [0.717, 1.165) is 31.7 Å². The Kier molecular flexibility index (Phi) is 5.10. The highest BCUT2D eigenvalue weighted by Crippen LogP contribution is 2.06. The first-order chi connectivity index (χ1) is 9.38. The maximum Gasteiger partial charge on any atom is 0.244 e. The average molecular weight is 257 g/mol. The number of anilines is 2. The molecular weight excluding hydrogens is 238 g/mol. The molecule has 0 radical (unpaired) electrons. The van der Waals surface area contributed by atoms with Gasteiger partial charge in [0.25, 0.3) is 0 Å². The lowest BCUT2D eigenvalue weighted by Crippen LogP contribution is -2.08. The second kappa shape index (κ2) is 7.31. The van der Waals surface area contributed by atoms with Gasteiger partial charge in [0.2, 0.25) is 5.95 Å². The molecule has 0 aliphatic carbocycles. The molecule has 0 aliphatic rings. The van der Waals surface area contributed by atoms with Crippen LogP contribution in [-0.4, -0.2) is 21.7 Å². The highest BCUT2D eigenvalue weighted by molar-refractivity contribution is 5.37. The van der Waals surface area contributed by atoms with Crippen LogP contribution < -0.4 is 10.6 Å². The molecule has 1 aromatic heterocycles. The summed E-state index contributed by atoms with van der Waals surface area (Å²) in [6, 6.07) is 10.2. The third kappa shape index (κ3) is 4.54. The molecule has 2 rings (SSSR count). The number of hydrogen-bond acceptors (Lipinski definition) is 5. The molecule has 1 heterocycles. The van der Waals surface area contributed by atoms with Gasteiger partial charge in [0, 0.05) is 13.1 Å². The maximum atomic E-state index is 4.36. The van der Waals surface area contributed by atoms with E-state index in [1.807, 2.05) is 18.2 Å². The standard InChI is InChI=1S/C14H19N5/c1-2-3-9-15-14-18-13(11-17-19-14)16-10-12-7-5-4-6-8-12/h4-8,11H,2-3,9-10H2,1H3,(H2,15,16,18,19). The van der Waals surface area contributed by atoms with Gasteiger partial charge in [-0.1, -0.05) is 43.7 Å². The third-order valence-corrected chi connectivity index (χ3v) is 2.69. The smallest absolute Gasteiger partial charge is 0.244 e. The highest BCUT2D eigenvalue weighted by atomic mass is 15.3. The zero-order valence-corrected chi connectivity index (χ0v) is 11.1. The van der Waals surface area contributed by atoms with E-state index < -0.39 is 0 Å². The third-order valence-electron chi connectivity index (χ3n) is 2.69. The molecule has 2 aromatic rings. The Hall–Kier alpha value is -2.17. The van der Waals surface area contributed by atoms with Crippen molar-refractivity contribution < 1.29 is 0 Å². The molecule has 0 fully saturated rings. The van der Waals surface area contributed by atoms with Crippen molar-refractivity contribution in [3.63, 3.8) is 0 Å². The van der Waals surface area contributed by atoms with Crippen molar-refractivity contribution in [1.29, 1.82) is 0 Å². The summed E-state index contributed by atoms with van der Waals surface area (Å²) in [6.45, 7) is 3.76. The first kappa shape index (κ1) is 13.3. The SMILES string of the molecule is CCCCNc1nncc(NCc2ccccc2)n1. The molecule has 0 amide bonds. The minimum atomic E-state index is 0.575. The summed E-state index contributed by atoms with van der Waals surface area (Å²) in [7, 11) is 0. The molecule has 0 saturated heterocycles. The van der Waals surface area contributed by atoms with Crippen molar-refractivity contribution in [2.75, 3.05) is 17.2 Å². The number of unbranched alkanes of at least 4 members (excludes halogenated alkanes) is 1. The van der Waals surface area contributed by atoms with Crippen molar-refractivity contribution in [2.24, 2.45) is 0 Å². The van der Waals surface area contributed by atoms with Gasteiger partial charge in [0.15, 0.2) is 5.82 Å². The highest BCUT2D eigenvalue weighted by Gasteiger charge is 1.99. The monoisotopic (exact) mass is 257 g/mol. The molecule has 0 unspecified atom stereocenters. The fourth-order valence-electron chi connectivity index (χ4n) is 1.63. The van der Waals surface area contributed by atoms with Crippen molar-refractivity contribution in [1.82, 2.24) is 15.2 Å². The van der Waals surface area contributed by atoms with Gasteiger partial charge in [-0.3, -0.25) is 0 Å². The van der Waals surface area contributed by atoms with Crippen LogP contribution in [0.3, 0.4) is 0 Å². The lowest BCUT2D eigenvalue weighted by atomic mass is 10.2. The molecule has 0 aliphatic heterocycles. The molecule has 5 nitrogen and oxygen atoms in total. The lowest BCUT2D eigenvalue weighted by Gasteiger charge is -2.07. The Morgan fingerprint density at radius 2 is 1.95 bits per heavy atom. The second-order valence-electron chi connectivity index (χ2n) is 4.28. The topological polar surface area (TPSA) is 62.7 Å².